The number of hydrogen-bond donors (Lipinski definition) is 2. The van der Waals surface area contributed by atoms with E-state index in [0.717, 1.165) is 0 Å². The molecule has 0 amide bonds. The van der Waals surface area contributed by atoms with E-state index in [4.69, 9.17) is 10.3 Å². The van der Waals surface area contributed by atoms with Gasteiger partial charge in [0.2, 0.25) is 0 Å². The van der Waals surface area contributed by atoms with E-state index in [-0.39, 0.29) is 16.9 Å². The molecule has 0 bridgehead atoms. The molecule has 4 nitrogen and oxygen atoms in total. The molecule has 68 valence electrons. The fourth-order valence-electron chi connectivity index (χ4n) is 0.979. The van der Waals surface area contributed by atoms with E-state index in [0.29, 0.717) is 0 Å². The van der Waals surface area contributed by atoms with Crippen molar-refractivity contribution in [3.63, 3.8) is 0 Å². The fraction of sp³-hybridized carbons (Fsp3) is 0.429. The number of nitrogens with two attached hydrogens (primary N) is 1. The van der Waals surface area contributed by atoms with Crippen LogP contribution in [-0.4, -0.2) is 19.0 Å². The van der Waals surface area contributed by atoms with Gasteiger partial charge in [0.05, 0.1) is 4.91 Å². The smallest absolute Gasteiger partial charge is 0.294 e. The van der Waals surface area contributed by atoms with Crippen LogP contribution in [0.1, 0.15) is 6.92 Å². The van der Waals surface area contributed by atoms with Crippen LogP contribution in [0.3, 0.4) is 0 Å². The third-order valence-electron chi connectivity index (χ3n) is 1.81. The second-order valence-corrected chi connectivity index (χ2v) is 4.26. The van der Waals surface area contributed by atoms with Crippen LogP contribution in [0, 0.1) is 5.92 Å². The zero-order valence-electron chi connectivity index (χ0n) is 6.64. The molecule has 0 saturated heterocycles. The van der Waals surface area contributed by atoms with E-state index in [1.54, 1.807) is 13.0 Å². The van der Waals surface area contributed by atoms with Crippen LogP contribution >= 0.6 is 0 Å². The predicted molar refractivity (Wildman–Crippen MR) is 45.9 cm³/mol. The van der Waals surface area contributed by atoms with E-state index in [2.05, 4.69) is 0 Å². The van der Waals surface area contributed by atoms with Crippen LogP contribution in [0.4, 0.5) is 0 Å². The minimum absolute atomic E-state index is 0.0630. The normalized spacial score (nSPS) is 30.1. The first-order chi connectivity index (χ1) is 5.41. The summed E-state index contributed by atoms with van der Waals surface area (Å²) >= 11 is 0. The molecule has 12 heavy (non-hydrogen) atoms. The molecule has 3 N–H and O–H groups in total. The largest absolute Gasteiger partial charge is 0.324 e. The molecule has 0 heterocycles. The number of hydrogen-bond acceptors (Lipinski definition) is 3. The summed E-state index contributed by atoms with van der Waals surface area (Å²) in [5, 5.41) is 0. The third-order valence-corrected chi connectivity index (χ3v) is 2.68. The highest BCUT2D eigenvalue weighted by Gasteiger charge is 2.18. The van der Waals surface area contributed by atoms with Crippen molar-refractivity contribution in [2.45, 2.75) is 13.0 Å². The zero-order chi connectivity index (χ0) is 9.35. The lowest BCUT2D eigenvalue weighted by atomic mass is 9.98. The van der Waals surface area contributed by atoms with Gasteiger partial charge < -0.3 is 5.73 Å². The molecule has 1 aliphatic carbocycles. The summed E-state index contributed by atoms with van der Waals surface area (Å²) in [6.45, 7) is 1.79. The molecule has 5 heteroatoms. The zero-order valence-corrected chi connectivity index (χ0v) is 7.45. The maximum atomic E-state index is 10.6. The van der Waals surface area contributed by atoms with Crippen LogP contribution in [0.2, 0.25) is 0 Å². The molecule has 2 atom stereocenters. The average molecular weight is 189 g/mol. The first-order valence-corrected chi connectivity index (χ1v) is 4.98. The molecule has 0 spiro atoms. The summed E-state index contributed by atoms with van der Waals surface area (Å²) in [6, 6.07) is -0.171. The van der Waals surface area contributed by atoms with Crippen LogP contribution in [0.5, 0.6) is 0 Å². The van der Waals surface area contributed by atoms with Crippen molar-refractivity contribution >= 4 is 10.1 Å². The number of rotatable bonds is 1. The molecule has 0 aromatic carbocycles. The Kier molecular flexibility index (Phi) is 2.36. The van der Waals surface area contributed by atoms with E-state index in [1.807, 2.05) is 0 Å². The van der Waals surface area contributed by atoms with Crippen molar-refractivity contribution in [3.8, 4) is 0 Å². The molecule has 0 aromatic rings. The highest BCUT2D eigenvalue weighted by Crippen LogP contribution is 2.18. The van der Waals surface area contributed by atoms with Crippen LogP contribution in [-0.2, 0) is 10.1 Å². The van der Waals surface area contributed by atoms with Crippen molar-refractivity contribution in [3.05, 3.63) is 23.1 Å². The Morgan fingerprint density at radius 1 is 1.58 bits per heavy atom. The molecular formula is C7H11NO3S. The van der Waals surface area contributed by atoms with E-state index >= 15 is 0 Å². The van der Waals surface area contributed by atoms with Gasteiger partial charge >= 0.3 is 0 Å². The highest BCUT2D eigenvalue weighted by molar-refractivity contribution is 7.90. The molecule has 1 unspecified atom stereocenters. The maximum Gasteiger partial charge on any atom is 0.294 e. The van der Waals surface area contributed by atoms with Gasteiger partial charge in [-0.15, -0.1) is 0 Å². The van der Waals surface area contributed by atoms with E-state index < -0.39 is 10.1 Å². The maximum absolute atomic E-state index is 10.6. The van der Waals surface area contributed by atoms with Gasteiger partial charge in [-0.05, 0) is 12.0 Å². The Morgan fingerprint density at radius 3 is 2.58 bits per heavy atom. The summed E-state index contributed by atoms with van der Waals surface area (Å²) < 4.78 is 29.9. The van der Waals surface area contributed by atoms with Crippen LogP contribution in [0.25, 0.3) is 0 Å². The lowest BCUT2D eigenvalue weighted by Gasteiger charge is -2.17. The van der Waals surface area contributed by atoms with Gasteiger partial charge in [0, 0.05) is 6.04 Å². The van der Waals surface area contributed by atoms with Gasteiger partial charge in [-0.3, -0.25) is 4.55 Å². The van der Waals surface area contributed by atoms with Crippen molar-refractivity contribution in [1.82, 2.24) is 0 Å². The average Bonchev–Trinajstić information content (AvgIpc) is 1.92. The van der Waals surface area contributed by atoms with Gasteiger partial charge in [-0.2, -0.15) is 8.42 Å². The molecule has 1 aliphatic rings. The van der Waals surface area contributed by atoms with Crippen LogP contribution in [0.15, 0.2) is 23.1 Å². The van der Waals surface area contributed by atoms with Crippen LogP contribution < -0.4 is 5.73 Å². The fourth-order valence-corrected chi connectivity index (χ4v) is 1.62. The molecule has 0 radical (unpaired) electrons. The summed E-state index contributed by atoms with van der Waals surface area (Å²) in [6.07, 6.45) is 4.33. The Morgan fingerprint density at radius 2 is 2.17 bits per heavy atom. The van der Waals surface area contributed by atoms with Crippen molar-refractivity contribution in [1.29, 1.82) is 0 Å². The minimum atomic E-state index is -4.06. The Balaban J connectivity index is 2.99. The minimum Gasteiger partial charge on any atom is -0.324 e. The SMILES string of the molecule is C[C@H]1C=C(S(=O)(=O)O)C=CC1N. The summed E-state index contributed by atoms with van der Waals surface area (Å²) in [4.78, 5) is -0.0725. The van der Waals surface area contributed by atoms with Crippen molar-refractivity contribution in [2.24, 2.45) is 11.7 Å². The second-order valence-electron chi connectivity index (χ2n) is 2.84. The van der Waals surface area contributed by atoms with Gasteiger partial charge in [0.15, 0.2) is 0 Å². The summed E-state index contributed by atoms with van der Waals surface area (Å²) in [5.41, 5.74) is 5.58. The lowest BCUT2D eigenvalue weighted by molar-refractivity contribution is 0.490. The van der Waals surface area contributed by atoms with Gasteiger partial charge in [-0.1, -0.05) is 19.1 Å². The first kappa shape index (κ1) is 9.44. The predicted octanol–water partition coefficient (Wildman–Crippen LogP) is 0.291. The Labute approximate surface area is 71.5 Å². The third kappa shape index (κ3) is 1.94. The first-order valence-electron chi connectivity index (χ1n) is 3.54. The topological polar surface area (TPSA) is 80.4 Å². The van der Waals surface area contributed by atoms with Gasteiger partial charge in [0.1, 0.15) is 0 Å². The molecule has 0 aliphatic heterocycles. The summed E-state index contributed by atoms with van der Waals surface area (Å²) in [5.74, 6) is -0.0630. The molecular weight excluding hydrogens is 178 g/mol. The number of allylic oxidation sites excluding steroid dienone is 1. The monoisotopic (exact) mass is 189 g/mol. The highest BCUT2D eigenvalue weighted by atomic mass is 32.2. The molecule has 0 aromatic heterocycles. The lowest BCUT2D eigenvalue weighted by Crippen LogP contribution is -2.27. The van der Waals surface area contributed by atoms with Gasteiger partial charge in [-0.25, -0.2) is 0 Å². The van der Waals surface area contributed by atoms with Crippen molar-refractivity contribution in [2.75, 3.05) is 0 Å². The molecule has 0 saturated carbocycles. The quantitative estimate of drug-likeness (QED) is 0.581. The Bertz CT molecular complexity index is 329. The second kappa shape index (κ2) is 3.01. The van der Waals surface area contributed by atoms with E-state index in [1.165, 1.54) is 12.2 Å². The summed E-state index contributed by atoms with van der Waals surface area (Å²) in [7, 11) is -4.06. The molecule has 1 rings (SSSR count). The molecule has 0 fully saturated rings. The van der Waals surface area contributed by atoms with Crippen molar-refractivity contribution < 1.29 is 13.0 Å². The standard InChI is InChI=1S/C7H11NO3S/c1-5-4-6(12(9,10)11)2-3-7(5)8/h2-5,7H,8H2,1H3,(H,9,10,11)/t5-,7?/m0/s1. The van der Waals surface area contributed by atoms with E-state index in [9.17, 15) is 8.42 Å². The Hall–Kier alpha value is -0.650. The van der Waals surface area contributed by atoms with Gasteiger partial charge in [0.25, 0.3) is 10.1 Å².